The molecule has 2 rings (SSSR count). The molecule has 14 heavy (non-hydrogen) atoms. The molecular weight excluding hydrogens is 174 g/mol. The zero-order valence-corrected chi connectivity index (χ0v) is 8.78. The van der Waals surface area contributed by atoms with E-state index in [0.717, 1.165) is 11.1 Å². The highest BCUT2D eigenvalue weighted by molar-refractivity contribution is 5.85. The van der Waals surface area contributed by atoms with Gasteiger partial charge < -0.3 is 5.73 Å². The lowest BCUT2D eigenvalue weighted by Crippen LogP contribution is -2.03. The number of benzene rings is 1. The fourth-order valence-corrected chi connectivity index (χ4v) is 1.82. The molecule has 2 aromatic rings. The van der Waals surface area contributed by atoms with E-state index in [2.05, 4.69) is 25.9 Å². The van der Waals surface area contributed by atoms with Gasteiger partial charge in [0.1, 0.15) is 0 Å². The van der Waals surface area contributed by atoms with E-state index in [9.17, 15) is 0 Å². The van der Waals surface area contributed by atoms with E-state index in [4.69, 9.17) is 5.73 Å². The summed E-state index contributed by atoms with van der Waals surface area (Å²) in [5, 5.41) is 5.48. The van der Waals surface area contributed by atoms with Crippen molar-refractivity contribution in [1.82, 2.24) is 9.78 Å². The van der Waals surface area contributed by atoms with Gasteiger partial charge in [-0.25, -0.2) is 0 Å². The predicted octanol–water partition coefficient (Wildman–Crippen LogP) is 2.51. The smallest absolute Gasteiger partial charge is 0.0716 e. The summed E-state index contributed by atoms with van der Waals surface area (Å²) in [5.41, 5.74) is 8.95. The van der Waals surface area contributed by atoms with Gasteiger partial charge in [-0.15, -0.1) is 0 Å². The van der Waals surface area contributed by atoms with Crippen molar-refractivity contribution in [1.29, 1.82) is 0 Å². The van der Waals surface area contributed by atoms with Crippen LogP contribution in [0.1, 0.15) is 25.5 Å². The number of nitrogens with zero attached hydrogens (tertiary/aromatic N) is 2. The zero-order valence-electron chi connectivity index (χ0n) is 8.78. The Balaban J connectivity index is 2.79. The van der Waals surface area contributed by atoms with E-state index in [1.54, 1.807) is 0 Å². The number of hydrogen-bond donors (Lipinski definition) is 1. The summed E-state index contributed by atoms with van der Waals surface area (Å²) in [6.45, 7) is 6.32. The van der Waals surface area contributed by atoms with Crippen LogP contribution < -0.4 is 5.73 Å². The lowest BCUT2D eigenvalue weighted by atomic mass is 10.1. The highest BCUT2D eigenvalue weighted by atomic mass is 15.3. The van der Waals surface area contributed by atoms with Gasteiger partial charge in [0.05, 0.1) is 11.7 Å². The quantitative estimate of drug-likeness (QED) is 0.700. The summed E-state index contributed by atoms with van der Waals surface area (Å²) in [5.74, 6) is 0. The minimum Gasteiger partial charge on any atom is -0.399 e. The molecule has 1 aromatic heterocycles. The number of nitrogen functional groups attached to an aromatic ring is 1. The fourth-order valence-electron chi connectivity index (χ4n) is 1.82. The Bertz CT molecular complexity index is 469. The van der Waals surface area contributed by atoms with Crippen LogP contribution in [0.3, 0.4) is 0 Å². The monoisotopic (exact) mass is 189 g/mol. The molecule has 0 saturated carbocycles. The highest BCUT2D eigenvalue weighted by Gasteiger charge is 2.08. The van der Waals surface area contributed by atoms with Crippen molar-refractivity contribution in [2.75, 3.05) is 5.73 Å². The van der Waals surface area contributed by atoms with Gasteiger partial charge >= 0.3 is 0 Å². The molecule has 0 spiro atoms. The summed E-state index contributed by atoms with van der Waals surface area (Å²) in [7, 11) is 0. The van der Waals surface area contributed by atoms with E-state index >= 15 is 0 Å². The number of aromatic nitrogens is 2. The van der Waals surface area contributed by atoms with Crippen LogP contribution in [0.2, 0.25) is 0 Å². The number of nitrogens with two attached hydrogens (primary N) is 1. The molecule has 2 N–H and O–H groups in total. The average Bonchev–Trinajstić information content (AvgIpc) is 2.47. The second kappa shape index (κ2) is 3.01. The number of fused-ring (bicyclic) bond motifs is 1. The van der Waals surface area contributed by atoms with E-state index < -0.39 is 0 Å². The van der Waals surface area contributed by atoms with Gasteiger partial charge in [-0.3, -0.25) is 4.68 Å². The van der Waals surface area contributed by atoms with Gasteiger partial charge in [0.15, 0.2) is 0 Å². The van der Waals surface area contributed by atoms with Crippen LogP contribution in [-0.2, 0) is 0 Å². The maximum Gasteiger partial charge on any atom is 0.0716 e. The first-order valence-electron chi connectivity index (χ1n) is 4.83. The first-order chi connectivity index (χ1) is 6.59. The van der Waals surface area contributed by atoms with Gasteiger partial charge in [0, 0.05) is 17.1 Å². The normalized spacial score (nSPS) is 11.4. The zero-order chi connectivity index (χ0) is 10.3. The third kappa shape index (κ3) is 1.25. The summed E-state index contributed by atoms with van der Waals surface area (Å²) >= 11 is 0. The molecular formula is C11H15N3. The minimum atomic E-state index is 0.384. The Labute approximate surface area is 83.5 Å². The summed E-state index contributed by atoms with van der Waals surface area (Å²) in [4.78, 5) is 0. The van der Waals surface area contributed by atoms with Crippen molar-refractivity contribution in [2.45, 2.75) is 26.8 Å². The molecule has 1 heterocycles. The van der Waals surface area contributed by atoms with Gasteiger partial charge in [0.2, 0.25) is 0 Å². The van der Waals surface area contributed by atoms with E-state index in [1.807, 2.05) is 23.0 Å². The molecule has 0 unspecified atom stereocenters. The van der Waals surface area contributed by atoms with Crippen molar-refractivity contribution in [2.24, 2.45) is 0 Å². The van der Waals surface area contributed by atoms with Gasteiger partial charge in [0.25, 0.3) is 0 Å². The van der Waals surface area contributed by atoms with E-state index in [1.165, 1.54) is 11.1 Å². The van der Waals surface area contributed by atoms with Gasteiger partial charge in [-0.2, -0.15) is 5.10 Å². The third-order valence-corrected chi connectivity index (χ3v) is 2.39. The molecule has 74 valence electrons. The molecule has 0 aliphatic carbocycles. The Morgan fingerprint density at radius 2 is 2.07 bits per heavy atom. The average molecular weight is 189 g/mol. The molecule has 0 atom stereocenters. The lowest BCUT2D eigenvalue weighted by Gasteiger charge is -2.09. The third-order valence-electron chi connectivity index (χ3n) is 2.39. The Hall–Kier alpha value is -1.51. The molecule has 0 aliphatic heterocycles. The summed E-state index contributed by atoms with van der Waals surface area (Å²) < 4.78 is 2.03. The Morgan fingerprint density at radius 1 is 1.36 bits per heavy atom. The van der Waals surface area contributed by atoms with Crippen LogP contribution in [0.4, 0.5) is 5.69 Å². The topological polar surface area (TPSA) is 43.8 Å². The molecule has 0 aliphatic rings. The predicted molar refractivity (Wildman–Crippen MR) is 59.3 cm³/mol. The lowest BCUT2D eigenvalue weighted by molar-refractivity contribution is 0.550. The van der Waals surface area contributed by atoms with Gasteiger partial charge in [-0.1, -0.05) is 0 Å². The largest absolute Gasteiger partial charge is 0.399 e. The van der Waals surface area contributed by atoms with E-state index in [0.29, 0.717) is 6.04 Å². The van der Waals surface area contributed by atoms with Crippen molar-refractivity contribution in [3.63, 3.8) is 0 Å². The van der Waals surface area contributed by atoms with Crippen molar-refractivity contribution < 1.29 is 0 Å². The van der Waals surface area contributed by atoms with Crippen LogP contribution in [0, 0.1) is 6.92 Å². The molecule has 0 fully saturated rings. The van der Waals surface area contributed by atoms with Crippen LogP contribution in [0.25, 0.3) is 10.9 Å². The summed E-state index contributed by atoms with van der Waals surface area (Å²) in [6.07, 6.45) is 1.87. The van der Waals surface area contributed by atoms with E-state index in [-0.39, 0.29) is 0 Å². The van der Waals surface area contributed by atoms with Crippen LogP contribution in [0.15, 0.2) is 18.3 Å². The molecule has 0 radical (unpaired) electrons. The number of hydrogen-bond acceptors (Lipinski definition) is 2. The Kier molecular flexibility index (Phi) is 1.95. The van der Waals surface area contributed by atoms with Crippen molar-refractivity contribution in [3.05, 3.63) is 23.9 Å². The maximum absolute atomic E-state index is 5.77. The Morgan fingerprint density at radius 3 is 2.71 bits per heavy atom. The molecule has 3 nitrogen and oxygen atoms in total. The SMILES string of the molecule is Cc1cc(N)cc2cnn(C(C)C)c12. The first kappa shape index (κ1) is 9.06. The second-order valence-corrected chi connectivity index (χ2v) is 3.96. The fraction of sp³-hybridized carbons (Fsp3) is 0.364. The molecule has 1 aromatic carbocycles. The molecule has 0 saturated heterocycles. The summed E-state index contributed by atoms with van der Waals surface area (Å²) in [6, 6.07) is 4.34. The van der Waals surface area contributed by atoms with Crippen molar-refractivity contribution >= 4 is 16.6 Å². The van der Waals surface area contributed by atoms with Crippen LogP contribution in [0.5, 0.6) is 0 Å². The number of aryl methyl sites for hydroxylation is 1. The highest BCUT2D eigenvalue weighted by Crippen LogP contribution is 2.23. The first-order valence-corrected chi connectivity index (χ1v) is 4.83. The number of rotatable bonds is 1. The van der Waals surface area contributed by atoms with Crippen LogP contribution in [-0.4, -0.2) is 9.78 Å². The molecule has 0 bridgehead atoms. The minimum absolute atomic E-state index is 0.384. The second-order valence-electron chi connectivity index (χ2n) is 3.96. The maximum atomic E-state index is 5.77. The molecule has 0 amide bonds. The van der Waals surface area contributed by atoms with Crippen LogP contribution >= 0.6 is 0 Å². The molecule has 3 heteroatoms. The number of anilines is 1. The van der Waals surface area contributed by atoms with Gasteiger partial charge in [-0.05, 0) is 38.5 Å². The van der Waals surface area contributed by atoms with Crippen molar-refractivity contribution in [3.8, 4) is 0 Å². The standard InChI is InChI=1S/C11H15N3/c1-7(2)14-11-8(3)4-10(12)5-9(11)6-13-14/h4-7H,12H2,1-3H3.